The van der Waals surface area contributed by atoms with Crippen molar-refractivity contribution in [1.82, 2.24) is 9.80 Å². The third kappa shape index (κ3) is 3.94. The number of aliphatic hydroxyl groups is 1. The molecular weight excluding hydrogens is 555 g/mol. The Balaban J connectivity index is 1.33. The number of carbonyl (C=O) groups is 1. The summed E-state index contributed by atoms with van der Waals surface area (Å²) in [6.45, 7) is 4.90. The van der Waals surface area contributed by atoms with E-state index in [1.807, 2.05) is 0 Å². The first-order chi connectivity index (χ1) is 19.8. The molecule has 9 nitrogen and oxygen atoms in total. The minimum Gasteiger partial charge on any atom is -0.504 e. The van der Waals surface area contributed by atoms with Gasteiger partial charge >= 0.3 is 6.18 Å². The number of hydrogen-bond donors (Lipinski definition) is 2. The predicted octanol–water partition coefficient (Wildman–Crippen LogP) is 4.12. The van der Waals surface area contributed by atoms with Gasteiger partial charge in [-0.05, 0) is 56.3 Å². The van der Waals surface area contributed by atoms with Gasteiger partial charge in [-0.2, -0.15) is 13.2 Å². The molecule has 2 bridgehead atoms. The van der Waals surface area contributed by atoms with E-state index in [2.05, 4.69) is 11.5 Å². The van der Waals surface area contributed by atoms with E-state index < -0.39 is 45.9 Å². The quantitative estimate of drug-likeness (QED) is 0.285. The number of halogens is 3. The number of nitrogens with zero attached hydrogens (tertiary/aromatic N) is 3. The number of ether oxygens (including phenoxy) is 1. The van der Waals surface area contributed by atoms with Crippen LogP contribution >= 0.6 is 0 Å². The first kappa shape index (κ1) is 28.5. The normalized spacial score (nSPS) is 29.4. The predicted molar refractivity (Wildman–Crippen MR) is 145 cm³/mol. The van der Waals surface area contributed by atoms with Gasteiger partial charge in [0, 0.05) is 37.2 Å². The Morgan fingerprint density at radius 2 is 2.02 bits per heavy atom. The monoisotopic (exact) mass is 587 g/mol. The zero-order valence-corrected chi connectivity index (χ0v) is 23.1. The lowest BCUT2D eigenvalue weighted by Crippen LogP contribution is -2.78. The van der Waals surface area contributed by atoms with Crippen LogP contribution in [0, 0.1) is 10.1 Å². The Bertz CT molecular complexity index is 1460. The van der Waals surface area contributed by atoms with Crippen molar-refractivity contribution in [2.45, 2.75) is 73.9 Å². The van der Waals surface area contributed by atoms with Crippen LogP contribution in [-0.4, -0.2) is 74.8 Å². The topological polar surface area (TPSA) is 116 Å². The lowest BCUT2D eigenvalue weighted by molar-refractivity contribution is -0.386. The van der Waals surface area contributed by atoms with E-state index in [1.165, 1.54) is 12.1 Å². The number of nitro benzene ring substituents is 1. The molecule has 6 rings (SSSR count). The van der Waals surface area contributed by atoms with Gasteiger partial charge in [0.2, 0.25) is 5.91 Å². The molecule has 2 heterocycles. The molecule has 1 saturated heterocycles. The SMILES string of the molecule is C=CCN1CC[C@]23c4c5c([N+](=O)[O-])cc(O)c4OC2C(N(C)C(=O)CCc2ccc(C(F)(F)F)cc2)CC[C@@]3(O)[C@H]1C5. The Morgan fingerprint density at radius 1 is 1.31 bits per heavy atom. The Hall–Kier alpha value is -3.64. The van der Waals surface area contributed by atoms with E-state index in [9.17, 15) is 38.3 Å². The number of alkyl halides is 3. The second kappa shape index (κ2) is 9.70. The minimum atomic E-state index is -4.44. The smallest absolute Gasteiger partial charge is 0.416 e. The van der Waals surface area contributed by atoms with E-state index in [1.54, 1.807) is 18.0 Å². The molecule has 1 saturated carbocycles. The van der Waals surface area contributed by atoms with E-state index in [-0.39, 0.29) is 42.4 Å². The fourth-order valence-corrected chi connectivity index (χ4v) is 8.09. The van der Waals surface area contributed by atoms with Gasteiger partial charge in [-0.15, -0.1) is 6.58 Å². The van der Waals surface area contributed by atoms with Crippen molar-refractivity contribution in [2.75, 3.05) is 20.1 Å². The molecule has 2 N–H and O–H groups in total. The van der Waals surface area contributed by atoms with Crippen LogP contribution in [0.25, 0.3) is 0 Å². The second-order valence-electron chi connectivity index (χ2n) is 11.8. The summed E-state index contributed by atoms with van der Waals surface area (Å²) in [5.74, 6) is -0.478. The number of carbonyl (C=O) groups excluding carboxylic acids is 1. The number of likely N-dealkylation sites (N-methyl/N-ethyl adjacent to an activating group) is 1. The summed E-state index contributed by atoms with van der Waals surface area (Å²) in [4.78, 5) is 28.7. The van der Waals surface area contributed by atoms with Gasteiger partial charge in [-0.1, -0.05) is 18.2 Å². The summed E-state index contributed by atoms with van der Waals surface area (Å²) in [6, 6.07) is 4.87. The summed E-state index contributed by atoms with van der Waals surface area (Å²) in [6.07, 6.45) is -1.83. The zero-order valence-electron chi connectivity index (χ0n) is 23.1. The number of amides is 1. The zero-order chi connectivity index (χ0) is 30.2. The highest BCUT2D eigenvalue weighted by Gasteiger charge is 2.74. The Labute approximate surface area is 240 Å². The molecule has 1 amide bonds. The van der Waals surface area contributed by atoms with Gasteiger partial charge in [0.15, 0.2) is 11.5 Å². The fourth-order valence-electron chi connectivity index (χ4n) is 8.09. The van der Waals surface area contributed by atoms with Gasteiger partial charge in [-0.3, -0.25) is 19.8 Å². The van der Waals surface area contributed by atoms with Crippen LogP contribution in [-0.2, 0) is 29.2 Å². The highest BCUT2D eigenvalue weighted by atomic mass is 19.4. The van der Waals surface area contributed by atoms with E-state index in [0.717, 1.165) is 18.2 Å². The number of phenols is 1. The fraction of sp³-hybridized carbons (Fsp3) is 0.500. The maximum absolute atomic E-state index is 13.4. The summed E-state index contributed by atoms with van der Waals surface area (Å²) < 4.78 is 45.2. The van der Waals surface area contributed by atoms with E-state index in [4.69, 9.17) is 4.74 Å². The summed E-state index contributed by atoms with van der Waals surface area (Å²) >= 11 is 0. The van der Waals surface area contributed by atoms with Crippen LogP contribution in [0.3, 0.4) is 0 Å². The molecule has 2 fully saturated rings. The van der Waals surface area contributed by atoms with Crippen molar-refractivity contribution in [3.8, 4) is 11.5 Å². The van der Waals surface area contributed by atoms with Gasteiger partial charge in [0.05, 0.1) is 33.6 Å². The van der Waals surface area contributed by atoms with Crippen molar-refractivity contribution in [3.05, 3.63) is 75.4 Å². The van der Waals surface area contributed by atoms with Crippen LogP contribution in [0.1, 0.15) is 47.9 Å². The van der Waals surface area contributed by atoms with E-state index in [0.29, 0.717) is 49.0 Å². The number of aromatic hydroxyl groups is 1. The molecule has 2 aliphatic carbocycles. The average molecular weight is 588 g/mol. The number of hydrogen-bond acceptors (Lipinski definition) is 7. The van der Waals surface area contributed by atoms with Gasteiger partial charge in [-0.25, -0.2) is 0 Å². The van der Waals surface area contributed by atoms with Crippen LogP contribution < -0.4 is 4.74 Å². The molecule has 2 aliphatic heterocycles. The highest BCUT2D eigenvalue weighted by Crippen LogP contribution is 2.67. The molecule has 0 aromatic heterocycles. The molecule has 1 spiro atoms. The average Bonchev–Trinajstić information content (AvgIpc) is 3.29. The lowest BCUT2D eigenvalue weighted by Gasteiger charge is -2.64. The third-order valence-corrected chi connectivity index (χ3v) is 10.0. The molecule has 5 atom stereocenters. The summed E-state index contributed by atoms with van der Waals surface area (Å²) in [7, 11) is 1.64. The minimum absolute atomic E-state index is 0.0486. The number of piperidine rings is 1. The van der Waals surface area contributed by atoms with Crippen molar-refractivity contribution in [1.29, 1.82) is 0 Å². The largest absolute Gasteiger partial charge is 0.504 e. The highest BCUT2D eigenvalue weighted by molar-refractivity contribution is 5.77. The Kier molecular flexibility index (Phi) is 6.58. The maximum Gasteiger partial charge on any atom is 0.416 e. The van der Waals surface area contributed by atoms with Crippen molar-refractivity contribution >= 4 is 11.6 Å². The maximum atomic E-state index is 13.4. The third-order valence-electron chi connectivity index (χ3n) is 10.0. The van der Waals surface area contributed by atoms with Crippen molar-refractivity contribution in [3.63, 3.8) is 0 Å². The van der Waals surface area contributed by atoms with Gasteiger partial charge in [0.1, 0.15) is 6.10 Å². The number of benzene rings is 2. The second-order valence-corrected chi connectivity index (χ2v) is 11.8. The molecule has 42 heavy (non-hydrogen) atoms. The number of nitro groups is 1. The number of rotatable bonds is 7. The lowest BCUT2D eigenvalue weighted by atomic mass is 9.48. The first-order valence-corrected chi connectivity index (χ1v) is 14.0. The molecule has 2 unspecified atom stereocenters. The van der Waals surface area contributed by atoms with E-state index >= 15 is 0 Å². The molecule has 2 aromatic rings. The van der Waals surface area contributed by atoms with Crippen LogP contribution in [0.2, 0.25) is 0 Å². The first-order valence-electron chi connectivity index (χ1n) is 14.0. The molecular formula is C30H32F3N3O6. The number of phenolic OH excluding ortho intramolecular Hbond substituents is 1. The van der Waals surface area contributed by atoms with Crippen LogP contribution in [0.5, 0.6) is 11.5 Å². The molecule has 2 aromatic carbocycles. The van der Waals surface area contributed by atoms with Gasteiger partial charge in [0.25, 0.3) is 5.69 Å². The number of aryl methyl sites for hydroxylation is 1. The summed E-state index contributed by atoms with van der Waals surface area (Å²) in [5.41, 5.74) is -1.86. The molecule has 12 heteroatoms. The molecule has 0 radical (unpaired) electrons. The molecule has 224 valence electrons. The van der Waals surface area contributed by atoms with Crippen LogP contribution in [0.4, 0.5) is 18.9 Å². The number of likely N-dealkylation sites (tertiary alicyclic amines) is 1. The standard InChI is InChI=1S/C30H32F3N3O6/c1-3-13-35-14-12-28-25-19-15-23(35)29(28,39)11-10-20(27(28)42-26(25)22(37)16-21(19)36(40)41)34(2)24(38)9-6-17-4-7-18(8-5-17)30(31,32)33/h3-5,7-8,16,20,23,27,37,39H,1,6,9-15H2,2H3/t20?,23-,27?,28+,29-/m1/s1. The van der Waals surface area contributed by atoms with Crippen molar-refractivity contribution < 1.29 is 37.8 Å². The van der Waals surface area contributed by atoms with Gasteiger partial charge < -0.3 is 19.8 Å². The Morgan fingerprint density at radius 3 is 2.67 bits per heavy atom. The molecule has 4 aliphatic rings. The summed E-state index contributed by atoms with van der Waals surface area (Å²) in [5, 5.41) is 35.5. The van der Waals surface area contributed by atoms with Crippen LogP contribution in [0.15, 0.2) is 43.0 Å². The van der Waals surface area contributed by atoms with Crippen molar-refractivity contribution in [2.24, 2.45) is 0 Å².